The topological polar surface area (TPSA) is 60.2 Å². The predicted molar refractivity (Wildman–Crippen MR) is 58.5 cm³/mol. The molecule has 1 aromatic rings. The molecule has 0 heterocycles. The van der Waals surface area contributed by atoms with Gasteiger partial charge in [0, 0.05) is 5.02 Å². The van der Waals surface area contributed by atoms with Gasteiger partial charge in [-0.2, -0.15) is 0 Å². The van der Waals surface area contributed by atoms with Crippen molar-refractivity contribution in [1.29, 1.82) is 0 Å². The van der Waals surface area contributed by atoms with Gasteiger partial charge < -0.3 is 5.73 Å². The van der Waals surface area contributed by atoms with E-state index in [1.807, 2.05) is 0 Å². The number of anilines is 1. The summed E-state index contributed by atoms with van der Waals surface area (Å²) in [7, 11) is -3.49. The third kappa shape index (κ3) is 3.07. The predicted octanol–water partition coefficient (Wildman–Crippen LogP) is 2.06. The Labute approximate surface area is 93.0 Å². The molecule has 15 heavy (non-hydrogen) atoms. The molecule has 1 rings (SSSR count). The van der Waals surface area contributed by atoms with Crippen LogP contribution in [0.1, 0.15) is 6.42 Å². The largest absolute Gasteiger partial charge is 0.398 e. The van der Waals surface area contributed by atoms with E-state index in [-0.39, 0.29) is 22.8 Å². The number of nitrogens with two attached hydrogens (primary N) is 1. The molecule has 0 fully saturated rings. The van der Waals surface area contributed by atoms with Crippen LogP contribution in [0.2, 0.25) is 5.02 Å². The van der Waals surface area contributed by atoms with Gasteiger partial charge in [0.15, 0.2) is 9.84 Å². The van der Waals surface area contributed by atoms with Gasteiger partial charge in [-0.05, 0) is 24.6 Å². The molecule has 0 aliphatic carbocycles. The number of rotatable bonds is 4. The summed E-state index contributed by atoms with van der Waals surface area (Å²) in [6.07, 6.45) is -0.0234. The molecule has 0 aliphatic heterocycles. The fourth-order valence-corrected chi connectivity index (χ4v) is 2.74. The molecule has 0 atom stereocenters. The molecule has 0 aliphatic rings. The average Bonchev–Trinajstić information content (AvgIpc) is 2.14. The molecule has 0 saturated heterocycles. The Morgan fingerprint density at radius 3 is 2.60 bits per heavy atom. The van der Waals surface area contributed by atoms with Crippen LogP contribution < -0.4 is 5.73 Å². The molecule has 6 heteroatoms. The zero-order valence-electron chi connectivity index (χ0n) is 7.91. The smallest absolute Gasteiger partial charge is 0.180 e. The summed E-state index contributed by atoms with van der Waals surface area (Å²) in [4.78, 5) is 0.0142. The normalized spacial score (nSPS) is 11.6. The van der Waals surface area contributed by atoms with Crippen LogP contribution in [-0.2, 0) is 9.84 Å². The fraction of sp³-hybridized carbons (Fsp3) is 0.333. The molecule has 0 bridgehead atoms. The first kappa shape index (κ1) is 12.3. The van der Waals surface area contributed by atoms with Crippen LogP contribution in [0.3, 0.4) is 0 Å². The fourth-order valence-electron chi connectivity index (χ4n) is 1.16. The lowest BCUT2D eigenvalue weighted by atomic mass is 10.3. The van der Waals surface area contributed by atoms with E-state index in [0.717, 1.165) is 0 Å². The second-order valence-electron chi connectivity index (χ2n) is 3.04. The maximum absolute atomic E-state index is 11.9. The third-order valence-electron chi connectivity index (χ3n) is 1.85. The van der Waals surface area contributed by atoms with Crippen LogP contribution in [0.4, 0.5) is 10.1 Å². The summed E-state index contributed by atoms with van der Waals surface area (Å²) >= 11 is 5.64. The number of benzene rings is 1. The van der Waals surface area contributed by atoms with Crippen molar-refractivity contribution in [3.8, 4) is 0 Å². The van der Waals surface area contributed by atoms with Crippen LogP contribution in [-0.4, -0.2) is 20.8 Å². The SMILES string of the molecule is Nc1cc(Cl)ccc1S(=O)(=O)CCCF. The van der Waals surface area contributed by atoms with Gasteiger partial charge in [-0.15, -0.1) is 0 Å². The first-order valence-electron chi connectivity index (χ1n) is 4.31. The van der Waals surface area contributed by atoms with Crippen molar-refractivity contribution < 1.29 is 12.8 Å². The first-order chi connectivity index (χ1) is 6.97. The number of hydrogen-bond donors (Lipinski definition) is 1. The summed E-state index contributed by atoms with van der Waals surface area (Å²) < 4.78 is 35.2. The summed E-state index contributed by atoms with van der Waals surface area (Å²) in [5, 5.41) is 0.372. The minimum absolute atomic E-state index is 0.0142. The third-order valence-corrected chi connectivity index (χ3v) is 3.96. The van der Waals surface area contributed by atoms with Crippen molar-refractivity contribution >= 4 is 27.1 Å². The highest BCUT2D eigenvalue weighted by Crippen LogP contribution is 2.23. The summed E-state index contributed by atoms with van der Waals surface area (Å²) in [6, 6.07) is 4.15. The molecule has 1 aromatic carbocycles. The van der Waals surface area contributed by atoms with Crippen LogP contribution in [0, 0.1) is 0 Å². The molecule has 0 amide bonds. The van der Waals surface area contributed by atoms with E-state index < -0.39 is 16.5 Å². The monoisotopic (exact) mass is 251 g/mol. The van der Waals surface area contributed by atoms with Gasteiger partial charge in [0.25, 0.3) is 0 Å². The molecule has 0 unspecified atom stereocenters. The molecular weight excluding hydrogens is 241 g/mol. The lowest BCUT2D eigenvalue weighted by Crippen LogP contribution is -2.09. The highest BCUT2D eigenvalue weighted by molar-refractivity contribution is 7.91. The second-order valence-corrected chi connectivity index (χ2v) is 5.56. The quantitative estimate of drug-likeness (QED) is 0.834. The van der Waals surface area contributed by atoms with E-state index in [1.54, 1.807) is 0 Å². The molecule has 3 nitrogen and oxygen atoms in total. The minimum Gasteiger partial charge on any atom is -0.398 e. The number of nitrogen functional groups attached to an aromatic ring is 1. The van der Waals surface area contributed by atoms with Crippen molar-refractivity contribution in [1.82, 2.24) is 0 Å². The van der Waals surface area contributed by atoms with Crippen LogP contribution in [0.25, 0.3) is 0 Å². The summed E-state index contributed by atoms with van der Waals surface area (Å²) in [6.45, 7) is -0.660. The Bertz CT molecular complexity index is 447. The van der Waals surface area contributed by atoms with Gasteiger partial charge in [0.1, 0.15) is 0 Å². The number of hydrogen-bond acceptors (Lipinski definition) is 3. The Hall–Kier alpha value is -0.810. The van der Waals surface area contributed by atoms with Crippen molar-refractivity contribution in [2.24, 2.45) is 0 Å². The van der Waals surface area contributed by atoms with E-state index in [4.69, 9.17) is 17.3 Å². The van der Waals surface area contributed by atoms with Crippen LogP contribution in [0.15, 0.2) is 23.1 Å². The minimum atomic E-state index is -3.49. The van der Waals surface area contributed by atoms with Crippen molar-refractivity contribution in [2.45, 2.75) is 11.3 Å². The summed E-state index contributed by atoms with van der Waals surface area (Å²) in [5.41, 5.74) is 5.62. The van der Waals surface area contributed by atoms with E-state index in [0.29, 0.717) is 5.02 Å². The Morgan fingerprint density at radius 1 is 1.40 bits per heavy atom. The van der Waals surface area contributed by atoms with Gasteiger partial charge in [-0.25, -0.2) is 8.42 Å². The highest BCUT2D eigenvalue weighted by atomic mass is 35.5. The van der Waals surface area contributed by atoms with Gasteiger partial charge in [-0.1, -0.05) is 11.6 Å². The van der Waals surface area contributed by atoms with Gasteiger partial charge in [0.05, 0.1) is 23.0 Å². The number of sulfone groups is 1. The Balaban J connectivity index is 3.05. The van der Waals surface area contributed by atoms with E-state index in [2.05, 4.69) is 0 Å². The average molecular weight is 252 g/mol. The zero-order chi connectivity index (χ0) is 11.5. The zero-order valence-corrected chi connectivity index (χ0v) is 9.48. The number of alkyl halides is 1. The second kappa shape index (κ2) is 4.81. The molecule has 84 valence electrons. The van der Waals surface area contributed by atoms with Gasteiger partial charge in [-0.3, -0.25) is 4.39 Å². The molecule has 0 spiro atoms. The van der Waals surface area contributed by atoms with Crippen LogP contribution >= 0.6 is 11.6 Å². The molecule has 0 saturated carbocycles. The van der Waals surface area contributed by atoms with Crippen molar-refractivity contribution in [3.05, 3.63) is 23.2 Å². The van der Waals surface area contributed by atoms with Gasteiger partial charge in [0.2, 0.25) is 0 Å². The van der Waals surface area contributed by atoms with E-state index in [1.165, 1.54) is 18.2 Å². The van der Waals surface area contributed by atoms with E-state index >= 15 is 0 Å². The maximum Gasteiger partial charge on any atom is 0.180 e. The van der Waals surface area contributed by atoms with Crippen molar-refractivity contribution in [2.75, 3.05) is 18.2 Å². The maximum atomic E-state index is 11.9. The molecule has 0 radical (unpaired) electrons. The lowest BCUT2D eigenvalue weighted by molar-refractivity contribution is 0.484. The van der Waals surface area contributed by atoms with E-state index in [9.17, 15) is 12.8 Å². The number of halogens is 2. The lowest BCUT2D eigenvalue weighted by Gasteiger charge is -2.06. The first-order valence-corrected chi connectivity index (χ1v) is 6.34. The standard InChI is InChI=1S/C9H11ClFNO2S/c10-7-2-3-9(8(12)6-7)15(13,14)5-1-4-11/h2-3,6H,1,4-5,12H2. The Morgan fingerprint density at radius 2 is 2.07 bits per heavy atom. The van der Waals surface area contributed by atoms with Crippen LogP contribution in [0.5, 0.6) is 0 Å². The van der Waals surface area contributed by atoms with Gasteiger partial charge >= 0.3 is 0 Å². The molecular formula is C9H11ClFNO2S. The molecule has 0 aromatic heterocycles. The summed E-state index contributed by atoms with van der Waals surface area (Å²) in [5.74, 6) is -0.241. The highest BCUT2D eigenvalue weighted by Gasteiger charge is 2.17. The molecule has 2 N–H and O–H groups in total. The van der Waals surface area contributed by atoms with Crippen molar-refractivity contribution in [3.63, 3.8) is 0 Å². The Kier molecular flexibility index (Phi) is 3.93.